The third kappa shape index (κ3) is 4.02. The second-order valence-electron chi connectivity index (χ2n) is 5.97. The Kier molecular flexibility index (Phi) is 5.52. The molecule has 6 heteroatoms. The van der Waals surface area contributed by atoms with Crippen LogP contribution in [0.15, 0.2) is 36.4 Å². The average molecular weight is 352 g/mol. The Morgan fingerprint density at radius 1 is 1.16 bits per heavy atom. The molecule has 0 aliphatic heterocycles. The van der Waals surface area contributed by atoms with Crippen molar-refractivity contribution in [1.29, 1.82) is 0 Å². The molecule has 0 unspecified atom stereocenters. The van der Waals surface area contributed by atoms with Crippen LogP contribution in [0, 0.1) is 0 Å². The number of hydrogen-bond acceptors (Lipinski definition) is 3. The normalized spacial score (nSPS) is 11.7. The monoisotopic (exact) mass is 352 g/mol. The average Bonchev–Trinajstić information content (AvgIpc) is 2.59. The van der Waals surface area contributed by atoms with Crippen LogP contribution in [0.4, 0.5) is 13.2 Å². The summed E-state index contributed by atoms with van der Waals surface area (Å²) in [4.78, 5) is 11.5. The standard InChI is InChI=1S/C19H19F3O3/c1-11(2)15-8-14(19(20,21)22)9-16(17(15)10-23)12-4-6-13(7-5-12)18(24)25-3/h4-9,11,23H,10H2,1-3H3. The van der Waals surface area contributed by atoms with Gasteiger partial charge in [0.25, 0.3) is 0 Å². The van der Waals surface area contributed by atoms with E-state index < -0.39 is 17.7 Å². The SMILES string of the molecule is COC(=O)c1ccc(-c2cc(C(F)(F)F)cc(C(C)C)c2CO)cc1. The molecule has 0 heterocycles. The molecular weight excluding hydrogens is 333 g/mol. The van der Waals surface area contributed by atoms with E-state index in [4.69, 9.17) is 0 Å². The van der Waals surface area contributed by atoms with E-state index in [1.54, 1.807) is 26.0 Å². The maximum atomic E-state index is 13.3. The van der Waals surface area contributed by atoms with E-state index in [2.05, 4.69) is 4.74 Å². The lowest BCUT2D eigenvalue weighted by Crippen LogP contribution is -2.09. The van der Waals surface area contributed by atoms with Gasteiger partial charge in [-0.15, -0.1) is 0 Å². The van der Waals surface area contributed by atoms with Crippen LogP contribution < -0.4 is 0 Å². The van der Waals surface area contributed by atoms with Crippen molar-refractivity contribution in [2.45, 2.75) is 32.5 Å². The van der Waals surface area contributed by atoms with E-state index in [0.29, 0.717) is 27.8 Å². The lowest BCUT2D eigenvalue weighted by Gasteiger charge is -2.19. The van der Waals surface area contributed by atoms with Crippen LogP contribution in [0.3, 0.4) is 0 Å². The van der Waals surface area contributed by atoms with E-state index >= 15 is 0 Å². The fraction of sp³-hybridized carbons (Fsp3) is 0.316. The summed E-state index contributed by atoms with van der Waals surface area (Å²) in [6.07, 6.45) is -4.49. The molecule has 2 rings (SSSR count). The number of rotatable bonds is 4. The zero-order chi connectivity index (χ0) is 18.8. The minimum Gasteiger partial charge on any atom is -0.465 e. The number of aliphatic hydroxyl groups is 1. The molecule has 0 saturated heterocycles. The molecule has 0 bridgehead atoms. The molecule has 1 N–H and O–H groups in total. The van der Waals surface area contributed by atoms with Crippen LogP contribution in [0.5, 0.6) is 0 Å². The van der Waals surface area contributed by atoms with Gasteiger partial charge in [-0.3, -0.25) is 0 Å². The van der Waals surface area contributed by atoms with E-state index in [0.717, 1.165) is 12.1 Å². The number of benzene rings is 2. The largest absolute Gasteiger partial charge is 0.465 e. The Morgan fingerprint density at radius 3 is 2.20 bits per heavy atom. The molecular formula is C19H19F3O3. The number of alkyl halides is 3. The lowest BCUT2D eigenvalue weighted by atomic mass is 9.88. The van der Waals surface area contributed by atoms with E-state index in [1.165, 1.54) is 19.2 Å². The highest BCUT2D eigenvalue weighted by atomic mass is 19.4. The van der Waals surface area contributed by atoms with Crippen molar-refractivity contribution >= 4 is 5.97 Å². The summed E-state index contributed by atoms with van der Waals surface area (Å²) < 4.78 is 44.4. The predicted octanol–water partition coefficient (Wildman–Crippen LogP) is 4.77. The molecule has 0 spiro atoms. The van der Waals surface area contributed by atoms with Gasteiger partial charge in [0.2, 0.25) is 0 Å². The number of methoxy groups -OCH3 is 1. The van der Waals surface area contributed by atoms with Gasteiger partial charge in [0.15, 0.2) is 0 Å². The number of carbonyl (C=O) groups excluding carboxylic acids is 1. The first-order chi connectivity index (χ1) is 11.7. The molecule has 2 aromatic rings. The lowest BCUT2D eigenvalue weighted by molar-refractivity contribution is -0.137. The Morgan fingerprint density at radius 2 is 1.76 bits per heavy atom. The van der Waals surface area contributed by atoms with Crippen molar-refractivity contribution in [2.24, 2.45) is 0 Å². The highest BCUT2D eigenvalue weighted by molar-refractivity contribution is 5.90. The summed E-state index contributed by atoms with van der Waals surface area (Å²) in [7, 11) is 1.25. The fourth-order valence-corrected chi connectivity index (χ4v) is 2.71. The zero-order valence-electron chi connectivity index (χ0n) is 14.1. The van der Waals surface area contributed by atoms with Crippen LogP contribution in [0.2, 0.25) is 0 Å². The Labute approximate surface area is 144 Å². The Hall–Kier alpha value is -2.34. The van der Waals surface area contributed by atoms with Crippen molar-refractivity contribution in [3.05, 3.63) is 58.7 Å². The third-order valence-electron chi connectivity index (χ3n) is 4.01. The highest BCUT2D eigenvalue weighted by Gasteiger charge is 2.32. The Bertz CT molecular complexity index is 763. The van der Waals surface area contributed by atoms with Gasteiger partial charge in [-0.1, -0.05) is 26.0 Å². The van der Waals surface area contributed by atoms with Crippen LogP contribution >= 0.6 is 0 Å². The molecule has 0 fully saturated rings. The van der Waals surface area contributed by atoms with Crippen LogP contribution in [0.1, 0.15) is 46.8 Å². The van der Waals surface area contributed by atoms with E-state index in [-0.39, 0.29) is 12.5 Å². The van der Waals surface area contributed by atoms with Crippen molar-refractivity contribution in [3.8, 4) is 11.1 Å². The molecule has 0 aliphatic rings. The van der Waals surface area contributed by atoms with Gasteiger partial charge < -0.3 is 9.84 Å². The van der Waals surface area contributed by atoms with Gasteiger partial charge in [0.05, 0.1) is 24.8 Å². The van der Waals surface area contributed by atoms with Crippen molar-refractivity contribution in [1.82, 2.24) is 0 Å². The van der Waals surface area contributed by atoms with Crippen LogP contribution in [-0.4, -0.2) is 18.2 Å². The molecule has 0 atom stereocenters. The molecule has 25 heavy (non-hydrogen) atoms. The van der Waals surface area contributed by atoms with Crippen LogP contribution in [0.25, 0.3) is 11.1 Å². The first-order valence-electron chi connectivity index (χ1n) is 7.72. The topological polar surface area (TPSA) is 46.5 Å². The maximum absolute atomic E-state index is 13.3. The van der Waals surface area contributed by atoms with Crippen molar-refractivity contribution < 1.29 is 27.8 Å². The summed E-state index contributed by atoms with van der Waals surface area (Å²) in [5.41, 5.74) is 1.23. The number of hydrogen-bond donors (Lipinski definition) is 1. The Balaban J connectivity index is 2.66. The van der Waals surface area contributed by atoms with Gasteiger partial charge in [-0.2, -0.15) is 13.2 Å². The van der Waals surface area contributed by atoms with Gasteiger partial charge >= 0.3 is 12.1 Å². The van der Waals surface area contributed by atoms with Gasteiger partial charge in [0, 0.05) is 0 Å². The number of aliphatic hydroxyl groups excluding tert-OH is 1. The zero-order valence-corrected chi connectivity index (χ0v) is 14.1. The maximum Gasteiger partial charge on any atom is 0.416 e. The first kappa shape index (κ1) is 19.0. The molecule has 0 radical (unpaired) electrons. The van der Waals surface area contributed by atoms with E-state index in [1.807, 2.05) is 0 Å². The summed E-state index contributed by atoms with van der Waals surface area (Å²) in [6, 6.07) is 8.18. The summed E-state index contributed by atoms with van der Waals surface area (Å²) in [6.45, 7) is 3.18. The van der Waals surface area contributed by atoms with Crippen molar-refractivity contribution in [3.63, 3.8) is 0 Å². The second-order valence-corrected chi connectivity index (χ2v) is 5.97. The van der Waals surface area contributed by atoms with Crippen molar-refractivity contribution in [2.75, 3.05) is 7.11 Å². The molecule has 2 aromatic carbocycles. The molecule has 3 nitrogen and oxygen atoms in total. The van der Waals surface area contributed by atoms with Crippen LogP contribution in [-0.2, 0) is 17.5 Å². The second kappa shape index (κ2) is 7.27. The first-order valence-corrected chi connectivity index (χ1v) is 7.72. The molecule has 134 valence electrons. The fourth-order valence-electron chi connectivity index (χ4n) is 2.71. The minimum absolute atomic E-state index is 0.183. The van der Waals surface area contributed by atoms with Gasteiger partial charge in [-0.05, 0) is 52.4 Å². The van der Waals surface area contributed by atoms with Gasteiger partial charge in [0.1, 0.15) is 0 Å². The number of carbonyl (C=O) groups is 1. The molecule has 0 amide bonds. The van der Waals surface area contributed by atoms with Gasteiger partial charge in [-0.25, -0.2) is 4.79 Å². The highest BCUT2D eigenvalue weighted by Crippen LogP contribution is 2.38. The summed E-state index contributed by atoms with van der Waals surface area (Å²) >= 11 is 0. The molecule has 0 aromatic heterocycles. The van der Waals surface area contributed by atoms with E-state index in [9.17, 15) is 23.1 Å². The predicted molar refractivity (Wildman–Crippen MR) is 88.2 cm³/mol. The summed E-state index contributed by atoms with van der Waals surface area (Å²) in [5.74, 6) is -0.710. The quantitative estimate of drug-likeness (QED) is 0.806. The minimum atomic E-state index is -4.49. The molecule has 0 saturated carbocycles. The summed E-state index contributed by atoms with van der Waals surface area (Å²) in [5, 5.41) is 9.73. The number of halogens is 3. The third-order valence-corrected chi connectivity index (χ3v) is 4.01. The number of ether oxygens (including phenoxy) is 1. The number of esters is 1. The molecule has 0 aliphatic carbocycles. The smallest absolute Gasteiger partial charge is 0.416 e.